The van der Waals surface area contributed by atoms with E-state index in [9.17, 15) is 10.0 Å². The Bertz CT molecular complexity index is 1550. The molecule has 2 N–H and O–H groups in total. The highest BCUT2D eigenvalue weighted by Crippen LogP contribution is 2.31. The van der Waals surface area contributed by atoms with Crippen molar-refractivity contribution in [3.05, 3.63) is 127 Å². The largest absolute Gasteiger partial charge is 0.488 e. The number of fused-ring (bicyclic) bond motifs is 3. The Morgan fingerprint density at radius 1 is 0.694 bits per heavy atom. The van der Waals surface area contributed by atoms with Crippen LogP contribution in [0.15, 0.2) is 121 Å². The lowest BCUT2D eigenvalue weighted by Crippen LogP contribution is -2.29. The number of rotatable bonds is 5. The van der Waals surface area contributed by atoms with Gasteiger partial charge in [-0.05, 0) is 42.6 Å². The van der Waals surface area contributed by atoms with Gasteiger partial charge in [-0.15, -0.1) is 0 Å². The van der Waals surface area contributed by atoms with Gasteiger partial charge in [0.05, 0.1) is 11.0 Å². The predicted octanol–water partition coefficient (Wildman–Crippen LogP) is 6.13. The lowest BCUT2D eigenvalue weighted by Gasteiger charge is -2.09. The van der Waals surface area contributed by atoms with Crippen LogP contribution in [-0.4, -0.2) is 27.4 Å². The zero-order valence-electron chi connectivity index (χ0n) is 20.6. The monoisotopic (exact) mass is 472 g/mol. The standard InChI is InChI=1S/C22H19BN2O2.C9H10/c1-15(17-8-4-3-5-9-17)24-16(2)25-21-11-7-6-10-19(21)20-14-18(23(26)27)12-13-22(20)25;1-8(2)9-6-4-3-5-7-9/h3-14,26-27H,2H2,1H3;3-7H,1H2,2H3/b24-15+;. The van der Waals surface area contributed by atoms with E-state index >= 15 is 0 Å². The molecular formula is C31H29BN2O2. The average Bonchev–Trinajstić information content (AvgIpc) is 3.24. The molecule has 0 aliphatic rings. The Labute approximate surface area is 212 Å². The van der Waals surface area contributed by atoms with Crippen molar-refractivity contribution in [2.24, 2.45) is 4.99 Å². The van der Waals surface area contributed by atoms with E-state index in [1.165, 1.54) is 5.56 Å². The minimum absolute atomic E-state index is 0.458. The summed E-state index contributed by atoms with van der Waals surface area (Å²) >= 11 is 0. The minimum atomic E-state index is -1.50. The number of aliphatic imine (C=N–C) groups is 1. The molecule has 0 spiro atoms. The van der Waals surface area contributed by atoms with E-state index in [4.69, 9.17) is 4.99 Å². The topological polar surface area (TPSA) is 57.8 Å². The first-order chi connectivity index (χ1) is 17.4. The van der Waals surface area contributed by atoms with Crippen molar-refractivity contribution in [1.29, 1.82) is 0 Å². The molecule has 0 aliphatic heterocycles. The molecule has 0 saturated heterocycles. The number of hydrogen-bond donors (Lipinski definition) is 2. The van der Waals surface area contributed by atoms with Crippen LogP contribution in [-0.2, 0) is 0 Å². The van der Waals surface area contributed by atoms with Gasteiger partial charge < -0.3 is 10.0 Å². The maximum atomic E-state index is 9.53. The quantitative estimate of drug-likeness (QED) is 0.239. The Balaban J connectivity index is 0.000000286. The minimum Gasteiger partial charge on any atom is -0.423 e. The predicted molar refractivity (Wildman–Crippen MR) is 154 cm³/mol. The summed E-state index contributed by atoms with van der Waals surface area (Å²) in [7, 11) is -1.50. The molecule has 0 unspecified atom stereocenters. The van der Waals surface area contributed by atoms with Crippen LogP contribution >= 0.6 is 0 Å². The van der Waals surface area contributed by atoms with Crippen LogP contribution in [0, 0.1) is 0 Å². The fourth-order valence-corrected chi connectivity index (χ4v) is 4.14. The first kappa shape index (κ1) is 24.9. The third-order valence-corrected chi connectivity index (χ3v) is 6.01. The summed E-state index contributed by atoms with van der Waals surface area (Å²) in [5.41, 5.74) is 6.63. The van der Waals surface area contributed by atoms with Crippen molar-refractivity contribution in [1.82, 2.24) is 4.57 Å². The molecular weight excluding hydrogens is 443 g/mol. The highest BCUT2D eigenvalue weighted by atomic mass is 16.4. The third kappa shape index (κ3) is 5.38. The van der Waals surface area contributed by atoms with Gasteiger partial charge in [0.15, 0.2) is 0 Å². The summed E-state index contributed by atoms with van der Waals surface area (Å²) in [5.74, 6) is 0.611. The molecule has 0 fully saturated rings. The van der Waals surface area contributed by atoms with Crippen molar-refractivity contribution in [3.63, 3.8) is 0 Å². The SMILES string of the molecule is C=C(/N=C(\C)c1ccccc1)n1c2ccccc2c2cc(B(O)O)ccc21.C=C(C)c1ccccc1. The summed E-state index contributed by atoms with van der Waals surface area (Å²) in [6, 6.07) is 33.5. The Morgan fingerprint density at radius 2 is 1.25 bits per heavy atom. The van der Waals surface area contributed by atoms with E-state index in [-0.39, 0.29) is 0 Å². The van der Waals surface area contributed by atoms with Gasteiger partial charge in [-0.2, -0.15) is 0 Å². The zero-order valence-corrected chi connectivity index (χ0v) is 20.6. The zero-order chi connectivity index (χ0) is 25.7. The summed E-state index contributed by atoms with van der Waals surface area (Å²) in [4.78, 5) is 4.73. The molecule has 1 aromatic heterocycles. The van der Waals surface area contributed by atoms with Crippen molar-refractivity contribution in [3.8, 4) is 0 Å². The Morgan fingerprint density at radius 3 is 1.83 bits per heavy atom. The molecule has 1 heterocycles. The maximum Gasteiger partial charge on any atom is 0.488 e. The van der Waals surface area contributed by atoms with Gasteiger partial charge in [-0.25, -0.2) is 4.99 Å². The van der Waals surface area contributed by atoms with Gasteiger partial charge in [0, 0.05) is 16.5 Å². The molecule has 0 atom stereocenters. The third-order valence-electron chi connectivity index (χ3n) is 6.01. The molecule has 0 amide bonds. The molecule has 5 rings (SSSR count). The van der Waals surface area contributed by atoms with E-state index in [0.29, 0.717) is 11.3 Å². The van der Waals surface area contributed by atoms with Crippen LogP contribution in [0.25, 0.3) is 33.2 Å². The first-order valence-electron chi connectivity index (χ1n) is 11.8. The number of para-hydroxylation sites is 1. The fraction of sp³-hybridized carbons (Fsp3) is 0.0645. The maximum absolute atomic E-state index is 9.53. The van der Waals surface area contributed by atoms with E-state index in [1.54, 1.807) is 12.1 Å². The van der Waals surface area contributed by atoms with E-state index in [2.05, 4.69) is 25.3 Å². The van der Waals surface area contributed by atoms with Crippen LogP contribution in [0.1, 0.15) is 25.0 Å². The molecule has 4 aromatic carbocycles. The van der Waals surface area contributed by atoms with Crippen LogP contribution < -0.4 is 5.46 Å². The van der Waals surface area contributed by atoms with E-state index < -0.39 is 7.12 Å². The normalized spacial score (nSPS) is 11.2. The van der Waals surface area contributed by atoms with Crippen molar-refractivity contribution in [2.75, 3.05) is 0 Å². The molecule has 5 heteroatoms. The van der Waals surface area contributed by atoms with Gasteiger partial charge in [-0.3, -0.25) is 4.57 Å². The Kier molecular flexibility index (Phi) is 7.64. The molecule has 0 aliphatic carbocycles. The molecule has 4 nitrogen and oxygen atoms in total. The van der Waals surface area contributed by atoms with Crippen LogP contribution in [0.3, 0.4) is 0 Å². The highest BCUT2D eigenvalue weighted by molar-refractivity contribution is 6.59. The van der Waals surface area contributed by atoms with Crippen molar-refractivity contribution < 1.29 is 10.0 Å². The van der Waals surface area contributed by atoms with Crippen LogP contribution in [0.5, 0.6) is 0 Å². The highest BCUT2D eigenvalue weighted by Gasteiger charge is 2.16. The number of benzene rings is 4. The number of aromatic nitrogens is 1. The van der Waals surface area contributed by atoms with Crippen LogP contribution in [0.4, 0.5) is 0 Å². The van der Waals surface area contributed by atoms with Gasteiger partial charge in [0.2, 0.25) is 0 Å². The first-order valence-corrected chi connectivity index (χ1v) is 11.8. The molecule has 0 bridgehead atoms. The lowest BCUT2D eigenvalue weighted by atomic mass is 9.80. The average molecular weight is 472 g/mol. The summed E-state index contributed by atoms with van der Waals surface area (Å²) < 4.78 is 2.00. The number of allylic oxidation sites excluding steroid dienone is 1. The second-order valence-corrected chi connectivity index (χ2v) is 8.63. The van der Waals surface area contributed by atoms with Crippen molar-refractivity contribution >= 4 is 51.5 Å². The van der Waals surface area contributed by atoms with Crippen LogP contribution in [0.2, 0.25) is 0 Å². The van der Waals surface area contributed by atoms with Gasteiger partial charge in [-0.1, -0.05) is 110 Å². The fourth-order valence-electron chi connectivity index (χ4n) is 4.14. The van der Waals surface area contributed by atoms with E-state index in [0.717, 1.165) is 38.7 Å². The molecule has 0 radical (unpaired) electrons. The van der Waals surface area contributed by atoms with E-state index in [1.807, 2.05) is 97.3 Å². The summed E-state index contributed by atoms with van der Waals surface area (Å²) in [5, 5.41) is 21.0. The molecule has 36 heavy (non-hydrogen) atoms. The smallest absolute Gasteiger partial charge is 0.423 e. The summed E-state index contributed by atoms with van der Waals surface area (Å²) in [6.07, 6.45) is 0. The van der Waals surface area contributed by atoms with Gasteiger partial charge in [0.1, 0.15) is 5.82 Å². The van der Waals surface area contributed by atoms with Crippen molar-refractivity contribution in [2.45, 2.75) is 13.8 Å². The second-order valence-electron chi connectivity index (χ2n) is 8.63. The molecule has 178 valence electrons. The second kappa shape index (κ2) is 11.0. The Hall–Kier alpha value is -4.19. The number of nitrogens with zero attached hydrogens (tertiary/aromatic N) is 2. The molecule has 0 saturated carbocycles. The lowest BCUT2D eigenvalue weighted by molar-refractivity contribution is 0.426. The summed E-state index contributed by atoms with van der Waals surface area (Å²) in [6.45, 7) is 12.0. The number of hydrogen-bond acceptors (Lipinski definition) is 3. The molecule has 5 aromatic rings. The van der Waals surface area contributed by atoms with Gasteiger partial charge >= 0.3 is 7.12 Å². The van der Waals surface area contributed by atoms with Gasteiger partial charge in [0.25, 0.3) is 0 Å².